The molecular weight excluding hydrogens is 498 g/mol. The van der Waals surface area contributed by atoms with Crippen LogP contribution < -0.4 is 5.32 Å². The Bertz CT molecular complexity index is 1290. The van der Waals surface area contributed by atoms with Crippen molar-refractivity contribution >= 4 is 17.1 Å². The molecular formula is C32H38F2N2O3. The quantitative estimate of drug-likeness (QED) is 0.287. The minimum absolute atomic E-state index is 0.0678. The molecule has 1 saturated heterocycles. The van der Waals surface area contributed by atoms with E-state index in [0.717, 1.165) is 25.9 Å². The van der Waals surface area contributed by atoms with E-state index < -0.39 is 22.8 Å². The molecule has 39 heavy (non-hydrogen) atoms. The van der Waals surface area contributed by atoms with Crippen molar-refractivity contribution in [1.29, 1.82) is 0 Å². The van der Waals surface area contributed by atoms with E-state index in [0.29, 0.717) is 30.5 Å². The summed E-state index contributed by atoms with van der Waals surface area (Å²) in [5.74, 6) is -2.01. The Morgan fingerprint density at radius 3 is 2.59 bits per heavy atom. The highest BCUT2D eigenvalue weighted by Gasteiger charge is 2.49. The first kappa shape index (κ1) is 28.8. The second-order valence-corrected chi connectivity index (χ2v) is 11.1. The van der Waals surface area contributed by atoms with Gasteiger partial charge in [0.1, 0.15) is 23.2 Å². The molecule has 2 atom stereocenters. The highest BCUT2D eigenvalue weighted by molar-refractivity contribution is 6.16. The zero-order valence-electron chi connectivity index (χ0n) is 23.0. The molecule has 2 aromatic rings. The lowest BCUT2D eigenvalue weighted by Crippen LogP contribution is -2.45. The number of hydrogen-bond donors (Lipinski definition) is 2. The summed E-state index contributed by atoms with van der Waals surface area (Å²) in [6, 6.07) is 10.5. The molecule has 1 heterocycles. The third-order valence-electron chi connectivity index (χ3n) is 8.07. The van der Waals surface area contributed by atoms with E-state index in [4.69, 9.17) is 0 Å². The van der Waals surface area contributed by atoms with Gasteiger partial charge in [-0.3, -0.25) is 9.59 Å². The van der Waals surface area contributed by atoms with Crippen molar-refractivity contribution in [3.63, 3.8) is 0 Å². The number of Topliss-reactive ketones (excluding diaryl/α,β-unsaturated/α-hetero) is 2. The first-order valence-electron chi connectivity index (χ1n) is 13.7. The van der Waals surface area contributed by atoms with Crippen LogP contribution in [0.5, 0.6) is 5.75 Å². The summed E-state index contributed by atoms with van der Waals surface area (Å²) in [5, 5.41) is 13.3. The molecule has 1 aliphatic carbocycles. The van der Waals surface area contributed by atoms with Gasteiger partial charge in [-0.1, -0.05) is 30.7 Å². The average Bonchev–Trinajstić information content (AvgIpc) is 2.93. The summed E-state index contributed by atoms with van der Waals surface area (Å²) in [5.41, 5.74) is 0.0423. The lowest BCUT2D eigenvalue weighted by molar-refractivity contribution is -0.132. The third-order valence-corrected chi connectivity index (χ3v) is 8.07. The molecule has 2 unspecified atom stereocenters. The maximum atomic E-state index is 16.5. The summed E-state index contributed by atoms with van der Waals surface area (Å²) in [6.45, 7) is 3.71. The Kier molecular flexibility index (Phi) is 9.13. The number of halogens is 2. The fourth-order valence-electron chi connectivity index (χ4n) is 5.85. The first-order valence-corrected chi connectivity index (χ1v) is 13.7. The van der Waals surface area contributed by atoms with Gasteiger partial charge in [0.25, 0.3) is 0 Å². The highest BCUT2D eigenvalue weighted by atomic mass is 19.1. The first-order chi connectivity index (χ1) is 18.6. The van der Waals surface area contributed by atoms with Crippen molar-refractivity contribution in [2.75, 3.05) is 33.7 Å². The Morgan fingerprint density at radius 1 is 1.13 bits per heavy atom. The van der Waals surface area contributed by atoms with Gasteiger partial charge in [-0.15, -0.1) is 0 Å². The second-order valence-electron chi connectivity index (χ2n) is 11.1. The van der Waals surface area contributed by atoms with Crippen LogP contribution in [0, 0.1) is 24.1 Å². The highest BCUT2D eigenvalue weighted by Crippen LogP contribution is 2.50. The monoisotopic (exact) mass is 536 g/mol. The summed E-state index contributed by atoms with van der Waals surface area (Å²) < 4.78 is 31.1. The van der Waals surface area contributed by atoms with Crippen LogP contribution in [0.4, 0.5) is 8.78 Å². The molecule has 1 fully saturated rings. The maximum Gasteiger partial charge on any atom is 0.189 e. The lowest BCUT2D eigenvalue weighted by atomic mass is 9.64. The molecule has 0 saturated carbocycles. The van der Waals surface area contributed by atoms with Gasteiger partial charge < -0.3 is 15.3 Å². The number of rotatable bonds is 10. The Labute approximate surface area is 229 Å². The molecule has 0 spiro atoms. The molecule has 2 aliphatic rings. The summed E-state index contributed by atoms with van der Waals surface area (Å²) in [7, 11) is 3.94. The minimum atomic E-state index is -1.47. The van der Waals surface area contributed by atoms with Gasteiger partial charge in [0.05, 0.1) is 5.41 Å². The van der Waals surface area contributed by atoms with Crippen LogP contribution in [-0.4, -0.2) is 55.3 Å². The van der Waals surface area contributed by atoms with E-state index in [1.54, 1.807) is 25.1 Å². The number of phenolic OH excluding ortho intramolecular Hbond substituents is 1. The average molecular weight is 537 g/mol. The van der Waals surface area contributed by atoms with Crippen molar-refractivity contribution < 1.29 is 23.5 Å². The lowest BCUT2D eigenvalue weighted by Gasteiger charge is -2.39. The van der Waals surface area contributed by atoms with Crippen LogP contribution in [0.1, 0.15) is 60.0 Å². The van der Waals surface area contributed by atoms with E-state index in [9.17, 15) is 19.1 Å². The molecule has 0 aromatic heterocycles. The van der Waals surface area contributed by atoms with Gasteiger partial charge in [0, 0.05) is 23.6 Å². The van der Waals surface area contributed by atoms with Crippen LogP contribution in [0.2, 0.25) is 0 Å². The normalized spacial score (nSPS) is 21.7. The maximum absolute atomic E-state index is 16.5. The van der Waals surface area contributed by atoms with Crippen LogP contribution in [0.3, 0.4) is 0 Å². The molecule has 2 aromatic carbocycles. The zero-order valence-corrected chi connectivity index (χ0v) is 23.0. The van der Waals surface area contributed by atoms with E-state index in [-0.39, 0.29) is 47.0 Å². The van der Waals surface area contributed by atoms with Crippen molar-refractivity contribution in [3.8, 4) is 5.75 Å². The number of hydrogen-bond acceptors (Lipinski definition) is 5. The minimum Gasteiger partial charge on any atom is -0.508 e. The fraction of sp³-hybridized carbons (Fsp3) is 0.438. The molecule has 0 radical (unpaired) electrons. The van der Waals surface area contributed by atoms with Crippen LogP contribution in [-0.2, 0) is 4.79 Å². The van der Waals surface area contributed by atoms with E-state index in [2.05, 4.69) is 5.32 Å². The van der Waals surface area contributed by atoms with E-state index >= 15 is 4.39 Å². The summed E-state index contributed by atoms with van der Waals surface area (Å²) in [6.07, 6.45) is 4.38. The molecule has 2 N–H and O–H groups in total. The van der Waals surface area contributed by atoms with Crippen molar-refractivity contribution in [2.24, 2.45) is 11.3 Å². The SMILES string of the molecule is Cc1c(F)cccc1C1=C(C(=O)c2cccc(O)c2)CC(CCCCN(C)C)(C(=O)C2CCCNC2)C(F)=C1. The molecule has 4 rings (SSSR count). The number of unbranched alkanes of at least 4 members (excludes halogenated alkanes) is 1. The second kappa shape index (κ2) is 12.3. The van der Waals surface area contributed by atoms with Gasteiger partial charge in [-0.05, 0) is 107 Å². The van der Waals surface area contributed by atoms with Gasteiger partial charge in [-0.2, -0.15) is 0 Å². The summed E-state index contributed by atoms with van der Waals surface area (Å²) >= 11 is 0. The Morgan fingerprint density at radius 2 is 1.90 bits per heavy atom. The topological polar surface area (TPSA) is 69.6 Å². The van der Waals surface area contributed by atoms with Crippen LogP contribution in [0.15, 0.2) is 59.9 Å². The standard InChI is InChI=1S/C32H38F2N2O3/c1-21-25(12-7-13-28(21)33)26-18-29(34)32(14-4-5-16-36(2)3,31(39)23-10-8-15-35-20-23)19-27(26)30(38)22-9-6-11-24(37)17-22/h6-7,9,11-13,17-18,23,35,37H,4-5,8,10,14-16,19-20H2,1-3H3. The number of phenols is 1. The Balaban J connectivity index is 1.85. The van der Waals surface area contributed by atoms with Crippen LogP contribution >= 0.6 is 0 Å². The molecule has 5 nitrogen and oxygen atoms in total. The number of ketones is 2. The van der Waals surface area contributed by atoms with Crippen molar-refractivity contribution in [1.82, 2.24) is 10.2 Å². The fourth-order valence-corrected chi connectivity index (χ4v) is 5.85. The summed E-state index contributed by atoms with van der Waals surface area (Å²) in [4.78, 5) is 30.2. The van der Waals surface area contributed by atoms with E-state index in [1.807, 2.05) is 19.0 Å². The van der Waals surface area contributed by atoms with E-state index in [1.165, 1.54) is 30.3 Å². The number of nitrogens with zero attached hydrogens (tertiary/aromatic N) is 1. The van der Waals surface area contributed by atoms with Crippen LogP contribution in [0.25, 0.3) is 5.57 Å². The number of allylic oxidation sites excluding steroid dienone is 4. The molecule has 0 amide bonds. The molecule has 208 valence electrons. The number of carbonyl (C=O) groups excluding carboxylic acids is 2. The number of piperidine rings is 1. The predicted octanol–water partition coefficient (Wildman–Crippen LogP) is 6.02. The number of nitrogens with one attached hydrogen (secondary N) is 1. The zero-order chi connectivity index (χ0) is 28.2. The van der Waals surface area contributed by atoms with Crippen molar-refractivity contribution in [3.05, 3.63) is 82.4 Å². The Hall–Kier alpha value is -3.16. The largest absolute Gasteiger partial charge is 0.508 e. The molecule has 0 bridgehead atoms. The predicted molar refractivity (Wildman–Crippen MR) is 150 cm³/mol. The smallest absolute Gasteiger partial charge is 0.189 e. The third kappa shape index (κ3) is 6.20. The molecule has 7 heteroatoms. The van der Waals surface area contributed by atoms with Crippen molar-refractivity contribution in [2.45, 2.75) is 45.4 Å². The number of carbonyl (C=O) groups is 2. The van der Waals surface area contributed by atoms with Gasteiger partial charge >= 0.3 is 0 Å². The number of benzene rings is 2. The molecule has 1 aliphatic heterocycles. The van der Waals surface area contributed by atoms with Gasteiger partial charge in [0.2, 0.25) is 0 Å². The number of aromatic hydroxyl groups is 1. The van der Waals surface area contributed by atoms with Gasteiger partial charge in [0.15, 0.2) is 5.78 Å². The van der Waals surface area contributed by atoms with Gasteiger partial charge in [-0.25, -0.2) is 8.78 Å².